The monoisotopic (exact) mass is 228 g/mol. The topological polar surface area (TPSA) is 60.7 Å². The molecular formula is C8H6BClO3S. The maximum absolute atomic E-state index is 9.31. The van der Waals surface area contributed by atoms with Crippen molar-refractivity contribution >= 4 is 44.9 Å². The minimum absolute atomic E-state index is 0.00375. The molecule has 14 heavy (non-hydrogen) atoms. The third kappa shape index (κ3) is 1.59. The zero-order valence-electron chi connectivity index (χ0n) is 6.94. The summed E-state index contributed by atoms with van der Waals surface area (Å²) >= 11 is 6.94. The van der Waals surface area contributed by atoms with E-state index >= 15 is 0 Å². The standard InChI is InChI=1S/C8H6BClO3S/c10-5-3-7-4(1-6(5)11)2-8(14-7)9(12)13/h1-3,11-13H. The number of phenols is 1. The van der Waals surface area contributed by atoms with Crippen LogP contribution in [0.15, 0.2) is 18.2 Å². The van der Waals surface area contributed by atoms with Crippen molar-refractivity contribution in [3.8, 4) is 5.75 Å². The highest BCUT2D eigenvalue weighted by molar-refractivity contribution is 7.27. The highest BCUT2D eigenvalue weighted by Crippen LogP contribution is 2.30. The van der Waals surface area contributed by atoms with Gasteiger partial charge in [0, 0.05) is 9.48 Å². The molecule has 0 radical (unpaired) electrons. The summed E-state index contributed by atoms with van der Waals surface area (Å²) in [5.41, 5.74) is 0. The molecule has 0 saturated heterocycles. The van der Waals surface area contributed by atoms with Crippen LogP contribution in [0.25, 0.3) is 10.1 Å². The Hall–Kier alpha value is -0.745. The number of benzene rings is 1. The van der Waals surface area contributed by atoms with Gasteiger partial charge >= 0.3 is 7.12 Å². The lowest BCUT2D eigenvalue weighted by molar-refractivity contribution is 0.427. The fourth-order valence-electron chi connectivity index (χ4n) is 1.20. The van der Waals surface area contributed by atoms with Crippen LogP contribution >= 0.6 is 22.9 Å². The molecule has 2 aromatic rings. The largest absolute Gasteiger partial charge is 0.506 e. The van der Waals surface area contributed by atoms with Gasteiger partial charge in [-0.1, -0.05) is 11.6 Å². The molecule has 1 aromatic carbocycles. The average Bonchev–Trinajstić information content (AvgIpc) is 2.48. The number of halogens is 1. The molecule has 0 atom stereocenters. The van der Waals surface area contributed by atoms with E-state index in [9.17, 15) is 5.11 Å². The molecule has 72 valence electrons. The van der Waals surface area contributed by atoms with E-state index in [0.29, 0.717) is 4.78 Å². The summed E-state index contributed by atoms with van der Waals surface area (Å²) in [5, 5.41) is 28.2. The van der Waals surface area contributed by atoms with Crippen molar-refractivity contribution in [1.82, 2.24) is 0 Å². The first-order valence-corrected chi connectivity index (χ1v) is 5.05. The molecule has 0 bridgehead atoms. The van der Waals surface area contributed by atoms with Crippen molar-refractivity contribution in [1.29, 1.82) is 0 Å². The van der Waals surface area contributed by atoms with Crippen LogP contribution in [0, 0.1) is 0 Å². The Balaban J connectivity index is 2.66. The maximum atomic E-state index is 9.31. The lowest BCUT2D eigenvalue weighted by Gasteiger charge is -1.94. The Labute approximate surface area is 89.3 Å². The molecule has 0 aliphatic rings. The summed E-state index contributed by atoms with van der Waals surface area (Å²) in [6.07, 6.45) is 0. The molecule has 0 aliphatic carbocycles. The van der Waals surface area contributed by atoms with Crippen LogP contribution in [0.1, 0.15) is 0 Å². The lowest BCUT2D eigenvalue weighted by Crippen LogP contribution is -2.26. The van der Waals surface area contributed by atoms with Crippen LogP contribution in [-0.4, -0.2) is 22.3 Å². The van der Waals surface area contributed by atoms with Crippen LogP contribution in [-0.2, 0) is 0 Å². The van der Waals surface area contributed by atoms with Crippen molar-refractivity contribution < 1.29 is 15.2 Å². The molecule has 0 amide bonds. The second-order valence-corrected chi connectivity index (χ2v) is 4.39. The van der Waals surface area contributed by atoms with Crippen molar-refractivity contribution in [3.63, 3.8) is 0 Å². The first-order chi connectivity index (χ1) is 6.58. The molecule has 0 unspecified atom stereocenters. The molecule has 1 aromatic heterocycles. The second kappa shape index (κ2) is 3.44. The van der Waals surface area contributed by atoms with Gasteiger partial charge in [-0.3, -0.25) is 0 Å². The number of aromatic hydroxyl groups is 1. The number of thiophene rings is 1. The van der Waals surface area contributed by atoms with Crippen LogP contribution in [0.4, 0.5) is 0 Å². The van der Waals surface area contributed by atoms with Crippen LogP contribution in [0.5, 0.6) is 5.75 Å². The van der Waals surface area contributed by atoms with Gasteiger partial charge < -0.3 is 15.2 Å². The van der Waals surface area contributed by atoms with Gasteiger partial charge in [0.2, 0.25) is 0 Å². The van der Waals surface area contributed by atoms with Gasteiger partial charge in [-0.05, 0) is 23.6 Å². The van der Waals surface area contributed by atoms with Gasteiger partial charge in [-0.2, -0.15) is 0 Å². The Morgan fingerprint density at radius 3 is 2.57 bits per heavy atom. The Kier molecular flexibility index (Phi) is 2.40. The Bertz CT molecular complexity index is 444. The smallest absolute Gasteiger partial charge is 0.499 e. The lowest BCUT2D eigenvalue weighted by atomic mass is 9.89. The van der Waals surface area contributed by atoms with E-state index in [1.165, 1.54) is 17.4 Å². The van der Waals surface area contributed by atoms with Crippen molar-refractivity contribution in [3.05, 3.63) is 23.2 Å². The highest BCUT2D eigenvalue weighted by atomic mass is 35.5. The number of rotatable bonds is 1. The zero-order valence-corrected chi connectivity index (χ0v) is 8.51. The van der Waals surface area contributed by atoms with Gasteiger partial charge in [0.15, 0.2) is 0 Å². The zero-order chi connectivity index (χ0) is 10.3. The minimum atomic E-state index is -1.48. The molecule has 1 heterocycles. The molecule has 0 saturated carbocycles. The molecule has 0 spiro atoms. The molecule has 0 aliphatic heterocycles. The molecule has 3 N–H and O–H groups in total. The predicted octanol–water partition coefficient (Wildman–Crippen LogP) is 0.940. The normalized spacial score (nSPS) is 10.8. The summed E-state index contributed by atoms with van der Waals surface area (Å²) in [5.74, 6) is -0.00375. The molecule has 6 heteroatoms. The fraction of sp³-hybridized carbons (Fsp3) is 0. The number of hydrogen-bond acceptors (Lipinski definition) is 4. The third-order valence-corrected chi connectivity index (χ3v) is 3.30. The van der Waals surface area contributed by atoms with E-state index < -0.39 is 7.12 Å². The third-order valence-electron chi connectivity index (χ3n) is 1.86. The quantitative estimate of drug-likeness (QED) is 0.637. The first kappa shape index (κ1) is 9.80. The van der Waals surface area contributed by atoms with Crippen molar-refractivity contribution in [2.45, 2.75) is 0 Å². The van der Waals surface area contributed by atoms with Crippen molar-refractivity contribution in [2.24, 2.45) is 0 Å². The molecule has 2 rings (SSSR count). The molecule has 3 nitrogen and oxygen atoms in total. The van der Waals surface area contributed by atoms with Gasteiger partial charge in [0.1, 0.15) is 5.75 Å². The summed E-state index contributed by atoms with van der Waals surface area (Å²) in [7, 11) is -1.48. The van der Waals surface area contributed by atoms with E-state index in [1.54, 1.807) is 12.1 Å². The maximum Gasteiger partial charge on any atom is 0.499 e. The van der Waals surface area contributed by atoms with E-state index in [-0.39, 0.29) is 10.8 Å². The van der Waals surface area contributed by atoms with Gasteiger partial charge in [0.25, 0.3) is 0 Å². The van der Waals surface area contributed by atoms with Crippen LogP contribution < -0.4 is 4.78 Å². The number of phenolic OH excluding ortho intramolecular Hbond substituents is 1. The van der Waals surface area contributed by atoms with E-state index in [1.807, 2.05) is 0 Å². The Morgan fingerprint density at radius 2 is 1.93 bits per heavy atom. The van der Waals surface area contributed by atoms with Crippen LogP contribution in [0.3, 0.4) is 0 Å². The van der Waals surface area contributed by atoms with E-state index in [2.05, 4.69) is 0 Å². The summed E-state index contributed by atoms with van der Waals surface area (Å²) in [4.78, 5) is 0. The first-order valence-electron chi connectivity index (χ1n) is 3.86. The summed E-state index contributed by atoms with van der Waals surface area (Å²) in [6.45, 7) is 0. The average molecular weight is 228 g/mol. The molecule has 0 fully saturated rings. The predicted molar refractivity (Wildman–Crippen MR) is 58.3 cm³/mol. The van der Waals surface area contributed by atoms with Gasteiger partial charge in [-0.25, -0.2) is 0 Å². The number of hydrogen-bond donors (Lipinski definition) is 3. The van der Waals surface area contributed by atoms with Crippen molar-refractivity contribution in [2.75, 3.05) is 0 Å². The summed E-state index contributed by atoms with van der Waals surface area (Å²) < 4.78 is 1.25. The molecular weight excluding hydrogens is 222 g/mol. The van der Waals surface area contributed by atoms with E-state index in [4.69, 9.17) is 21.6 Å². The fourth-order valence-corrected chi connectivity index (χ4v) is 2.38. The van der Waals surface area contributed by atoms with Gasteiger partial charge in [-0.15, -0.1) is 11.3 Å². The number of fused-ring (bicyclic) bond motifs is 1. The summed E-state index contributed by atoms with van der Waals surface area (Å²) in [6, 6.07) is 4.71. The van der Waals surface area contributed by atoms with E-state index in [0.717, 1.165) is 10.1 Å². The Morgan fingerprint density at radius 1 is 1.21 bits per heavy atom. The highest BCUT2D eigenvalue weighted by Gasteiger charge is 2.15. The van der Waals surface area contributed by atoms with Gasteiger partial charge in [0.05, 0.1) is 5.02 Å². The minimum Gasteiger partial charge on any atom is -0.506 e. The SMILES string of the molecule is OB(O)c1cc2cc(O)c(Cl)cc2s1. The van der Waals surface area contributed by atoms with Crippen LogP contribution in [0.2, 0.25) is 5.02 Å². The second-order valence-electron chi connectivity index (χ2n) is 2.86.